The second-order valence-electron chi connectivity index (χ2n) is 20.1. The summed E-state index contributed by atoms with van der Waals surface area (Å²) in [6, 6.07) is 20.3. The van der Waals surface area contributed by atoms with Gasteiger partial charge in [-0.2, -0.15) is 0 Å². The minimum atomic E-state index is -1.03. The highest BCUT2D eigenvalue weighted by Gasteiger charge is 2.27. The Labute approximate surface area is 553 Å². The molecule has 9 amide bonds. The van der Waals surface area contributed by atoms with Crippen LogP contribution in [-0.2, 0) is 45.0 Å². The zero-order chi connectivity index (χ0) is 73.5. The summed E-state index contributed by atoms with van der Waals surface area (Å²) in [7, 11) is 10.1. The van der Waals surface area contributed by atoms with E-state index in [-0.39, 0.29) is 54.5 Å². The molecule has 0 bridgehead atoms. The third-order valence-electron chi connectivity index (χ3n) is 11.9. The number of carbonyl (C=O) groups excluding carboxylic acids is 9. The van der Waals surface area contributed by atoms with E-state index < -0.39 is 113 Å². The van der Waals surface area contributed by atoms with Crippen LogP contribution in [0.25, 0.3) is 0 Å². The number of hydrogen-bond donors (Lipinski definition) is 16. The Balaban J connectivity index is 0. The Morgan fingerprint density at radius 2 is 0.865 bits per heavy atom. The molecule has 16 N–H and O–H groups in total. The highest BCUT2D eigenvalue weighted by Crippen LogP contribution is 2.18. The van der Waals surface area contributed by atoms with Gasteiger partial charge in [-0.3, -0.25) is 78.4 Å². The van der Waals surface area contributed by atoms with Crippen LogP contribution in [0.2, 0.25) is 0 Å². The summed E-state index contributed by atoms with van der Waals surface area (Å²) >= 11 is 0. The van der Waals surface area contributed by atoms with Crippen molar-refractivity contribution >= 4 is 83.2 Å². The molecule has 0 aromatic heterocycles. The number of nitrogens with zero attached hydrogens (tertiary/aromatic N) is 5. The SMILES string of the molecule is CNC(=O)[C@H](CO)N=Cc1ccc([N+](=O)[O-])cc1.CNC(=O)[C@H](CO)N=Cc1cccc([N+](=O)[O-])c1.CNC(=O)[C@H](CO)N=Cc1ccccc1.CNC(=O)[C@H](CO)NC(=O)C(C)(C)C.CNC(=O)[C@H](CO)NC(=O)c1cc(CO)cc(OC)c1.CNC(=O)[C@H](CO)NC(C)=O. The molecular formula is C61H88N14O21. The fourth-order valence-corrected chi connectivity index (χ4v) is 6.53. The molecule has 0 saturated heterocycles. The summed E-state index contributed by atoms with van der Waals surface area (Å²) in [5.41, 5.74) is 2.11. The number of aliphatic hydroxyl groups is 7. The molecule has 6 atom stereocenters. The summed E-state index contributed by atoms with van der Waals surface area (Å²) in [6.07, 6.45) is 4.29. The van der Waals surface area contributed by atoms with Crippen LogP contribution in [0.1, 0.15) is 60.3 Å². The first-order chi connectivity index (χ1) is 45.4. The molecule has 96 heavy (non-hydrogen) atoms. The smallest absolute Gasteiger partial charge is 0.270 e. The Morgan fingerprint density at radius 1 is 0.479 bits per heavy atom. The quantitative estimate of drug-likeness (QED) is 0.0169. The van der Waals surface area contributed by atoms with E-state index in [9.17, 15) is 63.4 Å². The van der Waals surface area contributed by atoms with E-state index in [1.165, 1.54) is 123 Å². The van der Waals surface area contributed by atoms with Gasteiger partial charge in [0.15, 0.2) is 18.1 Å². The number of nitrogens with one attached hydrogen (secondary N) is 9. The van der Waals surface area contributed by atoms with Gasteiger partial charge in [0.05, 0.1) is 63.2 Å². The number of aliphatic imine (C=N–C) groups is 3. The number of nitro benzene ring substituents is 2. The maximum atomic E-state index is 12.0. The Morgan fingerprint density at radius 3 is 1.22 bits per heavy atom. The second kappa shape index (κ2) is 49.1. The van der Waals surface area contributed by atoms with Gasteiger partial charge in [0, 0.05) is 103 Å². The summed E-state index contributed by atoms with van der Waals surface area (Å²) < 4.78 is 5.03. The van der Waals surface area contributed by atoms with Gasteiger partial charge in [-0.15, -0.1) is 0 Å². The highest BCUT2D eigenvalue weighted by molar-refractivity contribution is 5.98. The number of hydrogen-bond acceptors (Lipinski definition) is 24. The largest absolute Gasteiger partial charge is 0.497 e. The average molecular weight is 1350 g/mol. The van der Waals surface area contributed by atoms with Gasteiger partial charge < -0.3 is 88.3 Å². The first-order valence-electron chi connectivity index (χ1n) is 28.7. The van der Waals surface area contributed by atoms with Crippen molar-refractivity contribution in [3.8, 4) is 5.75 Å². The molecule has 4 rings (SSSR count). The Kier molecular flexibility index (Phi) is 44.7. The van der Waals surface area contributed by atoms with Crippen LogP contribution in [0.15, 0.2) is 112 Å². The standard InChI is InChI=1S/C13H18N2O5.2C11H13N3O4.C11H14N2O2.C9H18N2O3.C6H12N2O3/c1-14-13(19)11(7-17)15-12(18)9-3-8(6-16)4-10(5-9)20-2;1-12-11(16)10(7-15)13-6-8-2-4-9(5-3-8)14(17)18;1-12-11(16)10(7-15)13-6-8-3-2-4-9(5-8)14(17)18;1-12-11(15)10(8-14)13-7-9-5-3-2-4-6-9;1-9(2,3)8(14)11-6(5-12)7(13)10-4;1-4(10)8-5(3-9)6(11)7-2/h3-5,11,16-17H,6-7H2,1-2H3,(H,14,19)(H,15,18);2*2-6,10,15H,7H2,1H3,(H,12,16);2-7,10,14H,8H2,1H3,(H,12,15);6,12H,5H2,1-4H3,(H,10,13)(H,11,14);5,9H,3H2,1-2H3,(H,7,11)(H,8,10)/t11-;3*10-;6-;5-/m000000/s1. The summed E-state index contributed by atoms with van der Waals surface area (Å²) in [4.78, 5) is 133. The molecule has 35 nitrogen and oxygen atoms in total. The maximum absolute atomic E-state index is 12.0. The maximum Gasteiger partial charge on any atom is 0.270 e. The molecule has 0 radical (unpaired) electrons. The first-order valence-corrected chi connectivity index (χ1v) is 28.7. The number of aliphatic hydroxyl groups excluding tert-OH is 7. The van der Waals surface area contributed by atoms with E-state index >= 15 is 0 Å². The van der Waals surface area contributed by atoms with Crippen molar-refractivity contribution in [2.24, 2.45) is 20.4 Å². The van der Waals surface area contributed by atoms with Crippen molar-refractivity contribution in [1.82, 2.24) is 47.9 Å². The second-order valence-corrected chi connectivity index (χ2v) is 20.1. The molecule has 0 saturated carbocycles. The van der Waals surface area contributed by atoms with Gasteiger partial charge in [0.1, 0.15) is 23.9 Å². The van der Waals surface area contributed by atoms with Crippen LogP contribution in [0.3, 0.4) is 0 Å². The fourth-order valence-electron chi connectivity index (χ4n) is 6.53. The van der Waals surface area contributed by atoms with E-state index in [2.05, 4.69) is 62.8 Å². The minimum absolute atomic E-state index is 0.0165. The van der Waals surface area contributed by atoms with Crippen molar-refractivity contribution in [2.45, 2.75) is 70.6 Å². The molecule has 0 unspecified atom stereocenters. The number of amides is 9. The van der Waals surface area contributed by atoms with Gasteiger partial charge in [0.2, 0.25) is 47.3 Å². The lowest BCUT2D eigenvalue weighted by Gasteiger charge is -2.21. The zero-order valence-electron chi connectivity index (χ0n) is 55.0. The summed E-state index contributed by atoms with van der Waals surface area (Å²) in [6.45, 7) is 3.84. The van der Waals surface area contributed by atoms with Gasteiger partial charge in [-0.25, -0.2) is 0 Å². The number of rotatable bonds is 26. The number of benzene rings is 4. The number of non-ortho nitro benzene ring substituents is 2. The van der Waals surface area contributed by atoms with Crippen molar-refractivity contribution in [3.05, 3.63) is 145 Å². The highest BCUT2D eigenvalue weighted by atomic mass is 16.6. The Bertz CT molecular complexity index is 3160. The van der Waals surface area contributed by atoms with E-state index in [1.807, 2.05) is 30.3 Å². The topological polar surface area (TPSA) is 536 Å². The van der Waals surface area contributed by atoms with E-state index in [0.29, 0.717) is 22.4 Å². The van der Waals surface area contributed by atoms with Gasteiger partial charge in [-0.1, -0.05) is 63.2 Å². The van der Waals surface area contributed by atoms with Crippen LogP contribution in [0, 0.1) is 25.6 Å². The number of carbonyl (C=O) groups is 9. The molecule has 0 spiro atoms. The van der Waals surface area contributed by atoms with Gasteiger partial charge >= 0.3 is 0 Å². The lowest BCUT2D eigenvalue weighted by molar-refractivity contribution is -0.385. The molecule has 0 heterocycles. The van der Waals surface area contributed by atoms with E-state index in [1.54, 1.807) is 39.1 Å². The molecule has 0 aliphatic carbocycles. The normalized spacial score (nSPS) is 12.3. The van der Waals surface area contributed by atoms with Crippen LogP contribution in [0.5, 0.6) is 5.75 Å². The number of methoxy groups -OCH3 is 1. The fraction of sp³-hybridized carbons (Fsp3) is 0.410. The zero-order valence-corrected chi connectivity index (χ0v) is 55.0. The van der Waals surface area contributed by atoms with Crippen LogP contribution in [-0.4, -0.2) is 243 Å². The first kappa shape index (κ1) is 87.5. The molecule has 0 fully saturated rings. The van der Waals surface area contributed by atoms with Gasteiger partial charge in [-0.05, 0) is 52.6 Å². The number of likely N-dealkylation sites (N-methyl/N-ethyl adjacent to an activating group) is 6. The molecule has 35 heteroatoms. The third kappa shape index (κ3) is 35.5. The number of nitro groups is 2. The van der Waals surface area contributed by atoms with Crippen molar-refractivity contribution in [3.63, 3.8) is 0 Å². The van der Waals surface area contributed by atoms with Crippen LogP contribution >= 0.6 is 0 Å². The van der Waals surface area contributed by atoms with Crippen molar-refractivity contribution in [2.75, 3.05) is 89.0 Å². The minimum Gasteiger partial charge on any atom is -0.497 e. The number of ether oxygens (including phenoxy) is 1. The molecule has 0 aliphatic heterocycles. The lowest BCUT2D eigenvalue weighted by Crippen LogP contribution is -2.50. The Hall–Kier alpha value is -10.6. The van der Waals surface area contributed by atoms with Crippen molar-refractivity contribution < 1.29 is 93.5 Å². The predicted molar refractivity (Wildman–Crippen MR) is 353 cm³/mol. The molecule has 4 aromatic rings. The lowest BCUT2D eigenvalue weighted by atomic mass is 9.95. The molecular weight excluding hydrogens is 1260 g/mol. The van der Waals surface area contributed by atoms with Gasteiger partial charge in [0.25, 0.3) is 17.3 Å². The average Bonchev–Trinajstić information content (AvgIpc) is 1.11. The van der Waals surface area contributed by atoms with E-state index in [4.69, 9.17) is 40.5 Å². The predicted octanol–water partition coefficient (Wildman–Crippen LogP) is -3.04. The summed E-state index contributed by atoms with van der Waals surface area (Å²) in [5.74, 6) is -3.12. The molecule has 0 aliphatic rings. The van der Waals surface area contributed by atoms with Crippen LogP contribution < -0.4 is 52.6 Å². The molecule has 528 valence electrons. The third-order valence-corrected chi connectivity index (χ3v) is 11.9. The van der Waals surface area contributed by atoms with E-state index in [0.717, 1.165) is 5.56 Å². The monoisotopic (exact) mass is 1350 g/mol. The summed E-state index contributed by atoms with van der Waals surface area (Å²) in [5, 5.41) is 105. The molecule has 4 aromatic carbocycles. The van der Waals surface area contributed by atoms with Crippen molar-refractivity contribution in [1.29, 1.82) is 0 Å². The van der Waals surface area contributed by atoms with Crippen LogP contribution in [0.4, 0.5) is 11.4 Å².